The summed E-state index contributed by atoms with van der Waals surface area (Å²) >= 11 is 0. The number of fused-ring (bicyclic) bond motifs is 2. The Morgan fingerprint density at radius 1 is 0.394 bits per heavy atom. The number of aromatic nitrogens is 2. The molecule has 0 aliphatic carbocycles. The van der Waals surface area contributed by atoms with Gasteiger partial charge in [-0.1, -0.05) is 0 Å². The van der Waals surface area contributed by atoms with Gasteiger partial charge in [0.15, 0.2) is 0 Å². The number of hydrogen-bond acceptors (Lipinski definition) is 0. The molecule has 0 amide bonds. The van der Waals surface area contributed by atoms with Gasteiger partial charge in [-0.3, -0.25) is 0 Å². The lowest BCUT2D eigenvalue weighted by molar-refractivity contribution is 0.544. The Hall–Kier alpha value is -2.48. The normalized spacial score (nSPS) is 12.5. The highest BCUT2D eigenvalue weighted by molar-refractivity contribution is 5.95. The zero-order valence-electron chi connectivity index (χ0n) is 23.4. The average Bonchev–Trinajstić information content (AvgIpc) is 3.17. The second kappa shape index (κ2) is 7.26. The molecule has 0 radical (unpaired) electrons. The smallest absolute Gasteiger partial charge is 0.0518 e. The molecule has 0 aliphatic heterocycles. The molecule has 0 fully saturated rings. The first kappa shape index (κ1) is 23.7. The van der Waals surface area contributed by atoms with Gasteiger partial charge in [0.2, 0.25) is 0 Å². The lowest BCUT2D eigenvalue weighted by Crippen LogP contribution is -2.27. The van der Waals surface area contributed by atoms with Crippen LogP contribution in [0.2, 0.25) is 0 Å². The predicted molar refractivity (Wildman–Crippen MR) is 145 cm³/mol. The Labute approximate surface area is 200 Å². The van der Waals surface area contributed by atoms with Gasteiger partial charge in [-0.05, 0) is 139 Å². The minimum absolute atomic E-state index is 0.142. The molecule has 0 saturated carbocycles. The van der Waals surface area contributed by atoms with Crippen LogP contribution in [0, 0.1) is 69.2 Å². The van der Waals surface area contributed by atoms with Crippen molar-refractivity contribution in [1.29, 1.82) is 0 Å². The zero-order valence-corrected chi connectivity index (χ0v) is 23.4. The van der Waals surface area contributed by atoms with E-state index in [-0.39, 0.29) is 5.41 Å². The van der Waals surface area contributed by atoms with Gasteiger partial charge in [-0.15, -0.1) is 0 Å². The Balaban J connectivity index is 2.17. The van der Waals surface area contributed by atoms with E-state index < -0.39 is 0 Å². The molecule has 4 rings (SSSR count). The molecule has 0 aliphatic rings. The summed E-state index contributed by atoms with van der Waals surface area (Å²) in [6, 6.07) is 0. The number of hydrogen-bond donors (Lipinski definition) is 0. The molecule has 2 nitrogen and oxygen atoms in total. The van der Waals surface area contributed by atoms with E-state index in [4.69, 9.17) is 0 Å². The standard InChI is InChI=1S/C31H42N2/c1-15-17(3)21(7)27-25(19(15)5)23(9)29(32(27)13)31(11,12)30-24(10)26-20(6)16(2)18(4)22(8)28(26)33(30)14/h1-14H3. The molecule has 2 aromatic heterocycles. The summed E-state index contributed by atoms with van der Waals surface area (Å²) in [5.41, 5.74) is 19.7. The van der Waals surface area contributed by atoms with E-state index in [0.29, 0.717) is 0 Å². The second-order valence-electron chi connectivity index (χ2n) is 11.1. The summed E-state index contributed by atoms with van der Waals surface area (Å²) in [6.45, 7) is 27.8. The largest absolute Gasteiger partial charge is 0.346 e. The molecule has 2 heterocycles. The van der Waals surface area contributed by atoms with Crippen LogP contribution in [0.5, 0.6) is 0 Å². The van der Waals surface area contributed by atoms with Crippen LogP contribution < -0.4 is 0 Å². The fourth-order valence-electron chi connectivity index (χ4n) is 7.19. The fourth-order valence-corrected chi connectivity index (χ4v) is 7.19. The fraction of sp³-hybridized carbons (Fsp3) is 0.484. The predicted octanol–water partition coefficient (Wildman–Crippen LogP) is 8.08. The summed E-state index contributed by atoms with van der Waals surface area (Å²) in [4.78, 5) is 0. The van der Waals surface area contributed by atoms with Gasteiger partial charge in [-0.25, -0.2) is 0 Å². The molecule has 0 saturated heterocycles. The van der Waals surface area contributed by atoms with Crippen LogP contribution in [-0.2, 0) is 19.5 Å². The molecule has 2 heteroatoms. The van der Waals surface area contributed by atoms with E-state index in [9.17, 15) is 0 Å². The van der Waals surface area contributed by atoms with E-state index in [2.05, 4.69) is 106 Å². The van der Waals surface area contributed by atoms with Gasteiger partial charge < -0.3 is 9.13 Å². The number of aryl methyl sites for hydroxylation is 8. The van der Waals surface area contributed by atoms with Crippen molar-refractivity contribution in [3.8, 4) is 0 Å². The lowest BCUT2D eigenvalue weighted by atomic mass is 9.80. The molecule has 2 aromatic carbocycles. The molecule has 33 heavy (non-hydrogen) atoms. The van der Waals surface area contributed by atoms with Crippen molar-refractivity contribution in [2.45, 2.75) is 88.5 Å². The van der Waals surface area contributed by atoms with Crippen LogP contribution in [-0.4, -0.2) is 9.13 Å². The van der Waals surface area contributed by atoms with Crippen LogP contribution >= 0.6 is 0 Å². The Kier molecular flexibility index (Phi) is 5.21. The first-order chi connectivity index (χ1) is 15.2. The Bertz CT molecular complexity index is 1270. The maximum absolute atomic E-state index is 2.49. The van der Waals surface area contributed by atoms with Gasteiger partial charge in [0.05, 0.1) is 11.0 Å². The molecular formula is C31H42N2. The van der Waals surface area contributed by atoms with Gasteiger partial charge in [0.1, 0.15) is 0 Å². The maximum Gasteiger partial charge on any atom is 0.0518 e. The van der Waals surface area contributed by atoms with E-state index in [1.54, 1.807) is 0 Å². The maximum atomic E-state index is 2.49. The first-order valence-corrected chi connectivity index (χ1v) is 12.3. The first-order valence-electron chi connectivity index (χ1n) is 12.3. The average molecular weight is 443 g/mol. The minimum atomic E-state index is -0.142. The number of rotatable bonds is 2. The molecule has 0 atom stereocenters. The summed E-state index contributed by atoms with van der Waals surface area (Å²) in [6.07, 6.45) is 0. The van der Waals surface area contributed by atoms with Crippen molar-refractivity contribution in [3.05, 3.63) is 67.0 Å². The van der Waals surface area contributed by atoms with Gasteiger partial charge >= 0.3 is 0 Å². The topological polar surface area (TPSA) is 9.86 Å². The number of benzene rings is 2. The highest BCUT2D eigenvalue weighted by Gasteiger charge is 2.36. The van der Waals surface area contributed by atoms with Crippen LogP contribution in [0.3, 0.4) is 0 Å². The van der Waals surface area contributed by atoms with Crippen molar-refractivity contribution in [2.24, 2.45) is 14.1 Å². The van der Waals surface area contributed by atoms with Crippen molar-refractivity contribution in [3.63, 3.8) is 0 Å². The quantitative estimate of drug-likeness (QED) is 0.297. The summed E-state index contributed by atoms with van der Waals surface area (Å²) in [7, 11) is 4.55. The Morgan fingerprint density at radius 2 is 0.667 bits per heavy atom. The highest BCUT2D eigenvalue weighted by atomic mass is 15.0. The van der Waals surface area contributed by atoms with Crippen LogP contribution in [0.25, 0.3) is 21.8 Å². The zero-order chi connectivity index (χ0) is 24.9. The number of nitrogens with zero attached hydrogens (tertiary/aromatic N) is 2. The third-order valence-corrected chi connectivity index (χ3v) is 9.30. The molecule has 0 spiro atoms. The van der Waals surface area contributed by atoms with Gasteiger partial charge in [0, 0.05) is 41.7 Å². The van der Waals surface area contributed by atoms with E-state index in [1.807, 2.05) is 0 Å². The van der Waals surface area contributed by atoms with Crippen LogP contribution in [0.15, 0.2) is 0 Å². The molecule has 0 N–H and O–H groups in total. The van der Waals surface area contributed by atoms with Crippen molar-refractivity contribution in [1.82, 2.24) is 9.13 Å². The van der Waals surface area contributed by atoms with Crippen molar-refractivity contribution < 1.29 is 0 Å². The SMILES string of the molecule is Cc1c(C)c(C)c2c(c1C)c(C)c(C(C)(C)c1c(C)c3c(C)c(C)c(C)c(C)c3n1C)n2C. The monoisotopic (exact) mass is 442 g/mol. The van der Waals surface area contributed by atoms with Crippen LogP contribution in [0.4, 0.5) is 0 Å². The summed E-state index contributed by atoms with van der Waals surface area (Å²) < 4.78 is 4.99. The highest BCUT2D eigenvalue weighted by Crippen LogP contribution is 2.45. The molecule has 176 valence electrons. The van der Waals surface area contributed by atoms with Crippen molar-refractivity contribution >= 4 is 21.8 Å². The van der Waals surface area contributed by atoms with Gasteiger partial charge in [-0.2, -0.15) is 0 Å². The third-order valence-electron chi connectivity index (χ3n) is 9.30. The van der Waals surface area contributed by atoms with E-state index in [0.717, 1.165) is 0 Å². The second-order valence-corrected chi connectivity index (χ2v) is 11.1. The molecule has 0 bridgehead atoms. The van der Waals surface area contributed by atoms with Crippen LogP contribution in [0.1, 0.15) is 80.9 Å². The van der Waals surface area contributed by atoms with Crippen molar-refractivity contribution in [2.75, 3.05) is 0 Å². The van der Waals surface area contributed by atoms with Gasteiger partial charge in [0.25, 0.3) is 0 Å². The molecule has 0 unspecified atom stereocenters. The van der Waals surface area contributed by atoms with E-state index >= 15 is 0 Å². The lowest BCUT2D eigenvalue weighted by Gasteiger charge is -2.29. The summed E-state index contributed by atoms with van der Waals surface area (Å²) in [5, 5.41) is 2.88. The Morgan fingerprint density at radius 3 is 0.970 bits per heavy atom. The molecular weight excluding hydrogens is 400 g/mol. The summed E-state index contributed by atoms with van der Waals surface area (Å²) in [5.74, 6) is 0. The minimum Gasteiger partial charge on any atom is -0.346 e. The van der Waals surface area contributed by atoms with E-state index in [1.165, 1.54) is 88.8 Å². The molecule has 4 aromatic rings. The third kappa shape index (κ3) is 2.79.